The molecule has 2 rings (SSSR count). The normalized spacial score (nSPS) is 10.3. The second-order valence-corrected chi connectivity index (χ2v) is 4.54. The van der Waals surface area contributed by atoms with E-state index in [4.69, 9.17) is 4.74 Å². The highest BCUT2D eigenvalue weighted by atomic mass is 16.5. The van der Waals surface area contributed by atoms with Gasteiger partial charge in [0.15, 0.2) is 0 Å². The Hall–Kier alpha value is -1.76. The largest absolute Gasteiger partial charge is 0.489 e. The highest BCUT2D eigenvalue weighted by Gasteiger charge is 2.00. The first-order valence-electron chi connectivity index (χ1n) is 5.91. The summed E-state index contributed by atoms with van der Waals surface area (Å²) in [5, 5.41) is 0. The van der Waals surface area contributed by atoms with Crippen LogP contribution in [0.5, 0.6) is 5.75 Å². The Balaban J connectivity index is 2.10. The summed E-state index contributed by atoms with van der Waals surface area (Å²) in [4.78, 5) is 0. The van der Waals surface area contributed by atoms with E-state index < -0.39 is 0 Å². The van der Waals surface area contributed by atoms with Gasteiger partial charge < -0.3 is 4.74 Å². The average molecular weight is 226 g/mol. The van der Waals surface area contributed by atoms with Gasteiger partial charge in [-0.15, -0.1) is 0 Å². The van der Waals surface area contributed by atoms with E-state index in [1.54, 1.807) is 0 Å². The quantitative estimate of drug-likeness (QED) is 0.762. The van der Waals surface area contributed by atoms with Crippen molar-refractivity contribution in [1.29, 1.82) is 0 Å². The molecule has 88 valence electrons. The fourth-order valence-corrected chi connectivity index (χ4v) is 1.95. The summed E-state index contributed by atoms with van der Waals surface area (Å²) in [6, 6.07) is 14.6. The average Bonchev–Trinajstić information content (AvgIpc) is 2.27. The Morgan fingerprint density at radius 3 is 2.18 bits per heavy atom. The van der Waals surface area contributed by atoms with Gasteiger partial charge in [0.05, 0.1) is 0 Å². The van der Waals surface area contributed by atoms with E-state index in [9.17, 15) is 0 Å². The molecule has 0 radical (unpaired) electrons. The van der Waals surface area contributed by atoms with Crippen LogP contribution in [0.4, 0.5) is 0 Å². The molecule has 0 fully saturated rings. The molecule has 17 heavy (non-hydrogen) atoms. The Labute approximate surface area is 103 Å². The summed E-state index contributed by atoms with van der Waals surface area (Å²) in [6.45, 7) is 6.93. The van der Waals surface area contributed by atoms with E-state index in [1.807, 2.05) is 6.07 Å². The molecule has 2 aromatic rings. The maximum absolute atomic E-state index is 5.83. The van der Waals surface area contributed by atoms with E-state index in [0.29, 0.717) is 6.61 Å². The number of rotatable bonds is 3. The third-order valence-electron chi connectivity index (χ3n) is 2.85. The maximum atomic E-state index is 5.83. The summed E-state index contributed by atoms with van der Waals surface area (Å²) in [6.07, 6.45) is 0. The maximum Gasteiger partial charge on any atom is 0.120 e. The van der Waals surface area contributed by atoms with Gasteiger partial charge in [0.2, 0.25) is 0 Å². The van der Waals surface area contributed by atoms with Crippen LogP contribution in [0.2, 0.25) is 0 Å². The van der Waals surface area contributed by atoms with Crippen LogP contribution in [0.1, 0.15) is 22.3 Å². The molecule has 0 amide bonds. The second-order valence-electron chi connectivity index (χ2n) is 4.54. The van der Waals surface area contributed by atoms with Gasteiger partial charge in [0.25, 0.3) is 0 Å². The Morgan fingerprint density at radius 2 is 1.53 bits per heavy atom. The smallest absolute Gasteiger partial charge is 0.120 e. The van der Waals surface area contributed by atoms with Gasteiger partial charge >= 0.3 is 0 Å². The predicted molar refractivity (Wildman–Crippen MR) is 71.4 cm³/mol. The van der Waals surface area contributed by atoms with Gasteiger partial charge in [-0.05, 0) is 55.2 Å². The minimum absolute atomic E-state index is 0.634. The standard InChI is InChI=1S/C16H18O/c1-12-8-13(2)10-16(9-12)17-11-15-7-5-4-6-14(15)3/h4-10H,11H2,1-3H3. The van der Waals surface area contributed by atoms with Gasteiger partial charge in [-0.1, -0.05) is 30.3 Å². The molecule has 0 atom stereocenters. The van der Waals surface area contributed by atoms with Crippen molar-refractivity contribution in [2.75, 3.05) is 0 Å². The van der Waals surface area contributed by atoms with Crippen LogP contribution in [-0.2, 0) is 6.61 Å². The molecule has 0 N–H and O–H groups in total. The Bertz CT molecular complexity index is 494. The highest BCUT2D eigenvalue weighted by molar-refractivity contribution is 5.33. The summed E-state index contributed by atoms with van der Waals surface area (Å²) >= 11 is 0. The first-order chi connectivity index (χ1) is 8.15. The molecule has 0 aromatic heterocycles. The van der Waals surface area contributed by atoms with Crippen LogP contribution in [0, 0.1) is 20.8 Å². The van der Waals surface area contributed by atoms with Crippen molar-refractivity contribution in [1.82, 2.24) is 0 Å². The number of hydrogen-bond acceptors (Lipinski definition) is 1. The van der Waals surface area contributed by atoms with E-state index in [2.05, 4.69) is 57.2 Å². The zero-order chi connectivity index (χ0) is 12.3. The molecule has 1 heteroatoms. The van der Waals surface area contributed by atoms with E-state index >= 15 is 0 Å². The molecule has 0 heterocycles. The van der Waals surface area contributed by atoms with Crippen molar-refractivity contribution < 1.29 is 4.74 Å². The van der Waals surface area contributed by atoms with Crippen molar-refractivity contribution in [2.45, 2.75) is 27.4 Å². The summed E-state index contributed by atoms with van der Waals surface area (Å²) in [5.74, 6) is 0.950. The molecule has 0 aliphatic rings. The minimum atomic E-state index is 0.634. The molecule has 0 saturated heterocycles. The van der Waals surface area contributed by atoms with Crippen LogP contribution >= 0.6 is 0 Å². The van der Waals surface area contributed by atoms with Gasteiger partial charge in [-0.2, -0.15) is 0 Å². The van der Waals surface area contributed by atoms with E-state index in [-0.39, 0.29) is 0 Å². The van der Waals surface area contributed by atoms with Crippen molar-refractivity contribution >= 4 is 0 Å². The SMILES string of the molecule is Cc1cc(C)cc(OCc2ccccc2C)c1. The first kappa shape index (κ1) is 11.7. The predicted octanol–water partition coefficient (Wildman–Crippen LogP) is 4.19. The van der Waals surface area contributed by atoms with Gasteiger partial charge in [0.1, 0.15) is 12.4 Å². The lowest BCUT2D eigenvalue weighted by molar-refractivity contribution is 0.305. The van der Waals surface area contributed by atoms with Crippen LogP contribution in [-0.4, -0.2) is 0 Å². The molecular formula is C16H18O. The summed E-state index contributed by atoms with van der Waals surface area (Å²) in [5.41, 5.74) is 5.00. The van der Waals surface area contributed by atoms with Crippen molar-refractivity contribution in [2.24, 2.45) is 0 Å². The Kier molecular flexibility index (Phi) is 3.48. The monoisotopic (exact) mass is 226 g/mol. The Morgan fingerprint density at radius 1 is 0.882 bits per heavy atom. The zero-order valence-electron chi connectivity index (χ0n) is 10.7. The topological polar surface area (TPSA) is 9.23 Å². The van der Waals surface area contributed by atoms with Crippen molar-refractivity contribution in [3.8, 4) is 5.75 Å². The number of benzene rings is 2. The van der Waals surface area contributed by atoms with Crippen molar-refractivity contribution in [3.63, 3.8) is 0 Å². The summed E-state index contributed by atoms with van der Waals surface area (Å²) in [7, 11) is 0. The van der Waals surface area contributed by atoms with E-state index in [1.165, 1.54) is 22.3 Å². The van der Waals surface area contributed by atoms with Gasteiger partial charge in [0, 0.05) is 0 Å². The molecule has 0 bridgehead atoms. The lowest BCUT2D eigenvalue weighted by atomic mass is 10.1. The number of hydrogen-bond donors (Lipinski definition) is 0. The zero-order valence-corrected chi connectivity index (χ0v) is 10.7. The molecule has 2 aromatic carbocycles. The third-order valence-corrected chi connectivity index (χ3v) is 2.85. The van der Waals surface area contributed by atoms with Gasteiger partial charge in [-0.3, -0.25) is 0 Å². The van der Waals surface area contributed by atoms with Gasteiger partial charge in [-0.25, -0.2) is 0 Å². The highest BCUT2D eigenvalue weighted by Crippen LogP contribution is 2.18. The first-order valence-corrected chi connectivity index (χ1v) is 5.91. The minimum Gasteiger partial charge on any atom is -0.489 e. The van der Waals surface area contributed by atoms with Crippen LogP contribution in [0.3, 0.4) is 0 Å². The molecule has 0 aliphatic carbocycles. The van der Waals surface area contributed by atoms with Crippen LogP contribution in [0.25, 0.3) is 0 Å². The summed E-state index contributed by atoms with van der Waals surface area (Å²) < 4.78 is 5.83. The molecular weight excluding hydrogens is 208 g/mol. The van der Waals surface area contributed by atoms with E-state index in [0.717, 1.165) is 5.75 Å². The fourth-order valence-electron chi connectivity index (χ4n) is 1.95. The lowest BCUT2D eigenvalue weighted by Crippen LogP contribution is -1.98. The second kappa shape index (κ2) is 5.05. The molecule has 0 spiro atoms. The molecule has 0 saturated carbocycles. The number of aryl methyl sites for hydroxylation is 3. The van der Waals surface area contributed by atoms with Crippen LogP contribution < -0.4 is 4.74 Å². The molecule has 1 nitrogen and oxygen atoms in total. The third kappa shape index (κ3) is 3.10. The van der Waals surface area contributed by atoms with Crippen LogP contribution in [0.15, 0.2) is 42.5 Å². The number of ether oxygens (including phenoxy) is 1. The van der Waals surface area contributed by atoms with Crippen molar-refractivity contribution in [3.05, 3.63) is 64.7 Å². The lowest BCUT2D eigenvalue weighted by Gasteiger charge is -2.10. The fraction of sp³-hybridized carbons (Fsp3) is 0.250. The molecule has 0 aliphatic heterocycles. The molecule has 0 unspecified atom stereocenters.